The van der Waals surface area contributed by atoms with E-state index < -0.39 is 0 Å². The molecule has 0 unspecified atom stereocenters. The fraction of sp³-hybridized carbons (Fsp3) is 0.143. The molecule has 2 N–H and O–H groups in total. The molecule has 0 fully saturated rings. The second-order valence-electron chi connectivity index (χ2n) is 4.18. The highest BCUT2D eigenvalue weighted by atomic mass is 79.9. The van der Waals surface area contributed by atoms with Crippen molar-refractivity contribution in [2.45, 2.75) is 6.54 Å². The van der Waals surface area contributed by atoms with Gasteiger partial charge in [-0.05, 0) is 30.3 Å². The number of nitrogens with zero attached hydrogens (tertiary/aromatic N) is 1. The van der Waals surface area contributed by atoms with Crippen molar-refractivity contribution in [2.75, 3.05) is 7.11 Å². The van der Waals surface area contributed by atoms with Crippen LogP contribution in [0.1, 0.15) is 11.1 Å². The van der Waals surface area contributed by atoms with Gasteiger partial charge in [-0.2, -0.15) is 0 Å². The lowest BCUT2D eigenvalue weighted by molar-refractivity contribution is 0.408. The maximum absolute atomic E-state index is 12.2. The van der Waals surface area contributed by atoms with Crippen LogP contribution < -0.4 is 16.0 Å². The Labute approximate surface area is 130 Å². The van der Waals surface area contributed by atoms with Gasteiger partial charge in [0.1, 0.15) is 10.7 Å². The lowest BCUT2D eigenvalue weighted by atomic mass is 10.2. The van der Waals surface area contributed by atoms with Crippen LogP contribution in [0.15, 0.2) is 45.8 Å². The van der Waals surface area contributed by atoms with Crippen molar-refractivity contribution in [3.05, 3.63) is 62.5 Å². The van der Waals surface area contributed by atoms with Gasteiger partial charge in [0, 0.05) is 16.2 Å². The number of pyridine rings is 1. The molecule has 1 aromatic heterocycles. The third kappa shape index (κ3) is 3.08. The van der Waals surface area contributed by atoms with Crippen LogP contribution >= 0.6 is 28.1 Å². The Morgan fingerprint density at radius 3 is 2.85 bits per heavy atom. The highest BCUT2D eigenvalue weighted by Crippen LogP contribution is 2.23. The van der Waals surface area contributed by atoms with Crippen molar-refractivity contribution in [1.29, 1.82) is 0 Å². The van der Waals surface area contributed by atoms with Gasteiger partial charge in [-0.25, -0.2) is 0 Å². The number of nitrogens with two attached hydrogens (primary N) is 1. The van der Waals surface area contributed by atoms with Crippen LogP contribution in [0.5, 0.6) is 5.75 Å². The van der Waals surface area contributed by atoms with E-state index in [0.29, 0.717) is 12.1 Å². The van der Waals surface area contributed by atoms with Gasteiger partial charge in [-0.1, -0.05) is 28.1 Å². The Balaban J connectivity index is 2.45. The zero-order chi connectivity index (χ0) is 14.7. The number of hydrogen-bond donors (Lipinski definition) is 1. The van der Waals surface area contributed by atoms with E-state index in [0.717, 1.165) is 15.8 Å². The van der Waals surface area contributed by atoms with E-state index in [-0.39, 0.29) is 10.5 Å². The normalized spacial score (nSPS) is 10.3. The summed E-state index contributed by atoms with van der Waals surface area (Å²) in [5.74, 6) is 0.723. The van der Waals surface area contributed by atoms with E-state index in [1.54, 1.807) is 30.0 Å². The Hall–Kier alpha value is -1.66. The molecule has 4 nitrogen and oxygen atoms in total. The van der Waals surface area contributed by atoms with E-state index in [9.17, 15) is 4.79 Å². The lowest BCUT2D eigenvalue weighted by Gasteiger charge is -2.11. The lowest BCUT2D eigenvalue weighted by Crippen LogP contribution is -2.28. The summed E-state index contributed by atoms with van der Waals surface area (Å²) in [4.78, 5) is 12.3. The predicted octanol–water partition coefficient (Wildman–Crippen LogP) is 2.30. The molecule has 2 rings (SSSR count). The minimum Gasteiger partial charge on any atom is -0.496 e. The molecule has 6 heteroatoms. The van der Waals surface area contributed by atoms with Crippen molar-refractivity contribution < 1.29 is 4.74 Å². The number of hydrogen-bond acceptors (Lipinski definition) is 3. The number of rotatable bonds is 4. The second-order valence-corrected chi connectivity index (χ2v) is 5.53. The topological polar surface area (TPSA) is 57.2 Å². The fourth-order valence-corrected chi connectivity index (χ4v) is 2.47. The number of halogens is 1. The van der Waals surface area contributed by atoms with Crippen LogP contribution in [0, 0.1) is 0 Å². The molecule has 0 radical (unpaired) electrons. The molecule has 0 amide bonds. The summed E-state index contributed by atoms with van der Waals surface area (Å²) >= 11 is 8.29. The summed E-state index contributed by atoms with van der Waals surface area (Å²) in [6.07, 6.45) is 1.70. The van der Waals surface area contributed by atoms with Gasteiger partial charge in [0.2, 0.25) is 0 Å². The average Bonchev–Trinajstić information content (AvgIpc) is 2.41. The largest absolute Gasteiger partial charge is 0.496 e. The fourth-order valence-electron chi connectivity index (χ4n) is 1.90. The molecule has 0 spiro atoms. The molecule has 2 aromatic rings. The Morgan fingerprint density at radius 1 is 1.45 bits per heavy atom. The number of ether oxygens (including phenoxy) is 1. The smallest absolute Gasteiger partial charge is 0.261 e. The maximum Gasteiger partial charge on any atom is 0.261 e. The Kier molecular flexibility index (Phi) is 4.57. The van der Waals surface area contributed by atoms with Gasteiger partial charge in [0.25, 0.3) is 5.56 Å². The van der Waals surface area contributed by atoms with Crippen molar-refractivity contribution in [2.24, 2.45) is 5.73 Å². The summed E-state index contributed by atoms with van der Waals surface area (Å²) < 4.78 is 7.78. The summed E-state index contributed by atoms with van der Waals surface area (Å²) in [5, 5.41) is 0. The molecule has 104 valence electrons. The molecule has 0 saturated carbocycles. The van der Waals surface area contributed by atoms with Crippen LogP contribution in [0.25, 0.3) is 0 Å². The molecule has 20 heavy (non-hydrogen) atoms. The van der Waals surface area contributed by atoms with Crippen LogP contribution in [0.2, 0.25) is 0 Å². The molecule has 0 aliphatic heterocycles. The monoisotopic (exact) mass is 352 g/mol. The molecule has 0 saturated heterocycles. The van der Waals surface area contributed by atoms with Gasteiger partial charge in [-0.15, -0.1) is 0 Å². The molecular weight excluding hydrogens is 340 g/mol. The molecular formula is C14H13BrN2O2S. The summed E-state index contributed by atoms with van der Waals surface area (Å²) in [6, 6.07) is 9.02. The first kappa shape index (κ1) is 14.7. The highest BCUT2D eigenvalue weighted by Gasteiger charge is 2.09. The summed E-state index contributed by atoms with van der Waals surface area (Å²) in [7, 11) is 1.60. The van der Waals surface area contributed by atoms with E-state index in [4.69, 9.17) is 22.7 Å². The molecule has 1 heterocycles. The first-order chi connectivity index (χ1) is 9.52. The zero-order valence-electron chi connectivity index (χ0n) is 10.8. The van der Waals surface area contributed by atoms with E-state index in [2.05, 4.69) is 15.9 Å². The van der Waals surface area contributed by atoms with Crippen LogP contribution in [-0.2, 0) is 6.54 Å². The standard InChI is InChI=1S/C14H13BrN2O2S/c1-19-12-5-4-10(15)7-9(12)8-17-6-2-3-11(13(16)20)14(17)18/h2-7H,8H2,1H3,(H2,16,20). The summed E-state index contributed by atoms with van der Waals surface area (Å²) in [6.45, 7) is 0.387. The van der Waals surface area contributed by atoms with Gasteiger partial charge in [-0.3, -0.25) is 4.79 Å². The molecule has 0 atom stereocenters. The van der Waals surface area contributed by atoms with Crippen LogP contribution in [0.4, 0.5) is 0 Å². The highest BCUT2D eigenvalue weighted by molar-refractivity contribution is 9.10. The Morgan fingerprint density at radius 2 is 2.20 bits per heavy atom. The van der Waals surface area contributed by atoms with E-state index in [1.165, 1.54) is 0 Å². The molecule has 0 aliphatic rings. The van der Waals surface area contributed by atoms with Crippen molar-refractivity contribution in [3.8, 4) is 5.75 Å². The molecule has 0 aliphatic carbocycles. The SMILES string of the molecule is COc1ccc(Br)cc1Cn1cccc(C(N)=S)c1=O. The van der Waals surface area contributed by atoms with E-state index >= 15 is 0 Å². The second kappa shape index (κ2) is 6.19. The third-order valence-corrected chi connectivity index (χ3v) is 3.58. The number of thiocarbonyl (C=S) groups is 1. The van der Waals surface area contributed by atoms with E-state index in [1.807, 2.05) is 18.2 Å². The minimum atomic E-state index is -0.206. The third-order valence-electron chi connectivity index (χ3n) is 2.87. The number of benzene rings is 1. The maximum atomic E-state index is 12.2. The first-order valence-electron chi connectivity index (χ1n) is 5.84. The quantitative estimate of drug-likeness (QED) is 0.857. The zero-order valence-corrected chi connectivity index (χ0v) is 13.2. The van der Waals surface area contributed by atoms with Gasteiger partial charge < -0.3 is 15.0 Å². The number of methoxy groups -OCH3 is 1. The number of aromatic nitrogens is 1. The molecule has 1 aromatic carbocycles. The van der Waals surface area contributed by atoms with Gasteiger partial charge in [0.05, 0.1) is 19.2 Å². The average molecular weight is 353 g/mol. The van der Waals surface area contributed by atoms with Gasteiger partial charge >= 0.3 is 0 Å². The van der Waals surface area contributed by atoms with Crippen molar-refractivity contribution >= 4 is 33.1 Å². The minimum absolute atomic E-state index is 0.102. The van der Waals surface area contributed by atoms with Crippen LogP contribution in [0.3, 0.4) is 0 Å². The van der Waals surface area contributed by atoms with Crippen LogP contribution in [-0.4, -0.2) is 16.7 Å². The van der Waals surface area contributed by atoms with Gasteiger partial charge in [0.15, 0.2) is 0 Å². The molecule has 0 bridgehead atoms. The summed E-state index contributed by atoms with van der Waals surface area (Å²) in [5.41, 5.74) is 6.57. The van der Waals surface area contributed by atoms with Crippen molar-refractivity contribution in [1.82, 2.24) is 4.57 Å². The first-order valence-corrected chi connectivity index (χ1v) is 7.04. The predicted molar refractivity (Wildman–Crippen MR) is 86.4 cm³/mol. The Bertz CT molecular complexity index is 713. The van der Waals surface area contributed by atoms with Crippen molar-refractivity contribution in [3.63, 3.8) is 0 Å².